The van der Waals surface area contributed by atoms with Crippen LogP contribution in [0.5, 0.6) is 0 Å². The number of H-pyrrole nitrogens is 1. The molecule has 3 aromatic rings. The highest BCUT2D eigenvalue weighted by molar-refractivity contribution is 6.31. The van der Waals surface area contributed by atoms with Crippen molar-refractivity contribution >= 4 is 46.0 Å². The Morgan fingerprint density at radius 2 is 1.97 bits per heavy atom. The van der Waals surface area contributed by atoms with Gasteiger partial charge in [-0.3, -0.25) is 4.90 Å². The minimum atomic E-state index is -4.64. The highest BCUT2D eigenvalue weighted by Crippen LogP contribution is 2.36. The van der Waals surface area contributed by atoms with Crippen LogP contribution in [-0.2, 0) is 12.6 Å². The van der Waals surface area contributed by atoms with Crippen LogP contribution < -0.4 is 16.0 Å². The second kappa shape index (κ2) is 12.0. The maximum absolute atomic E-state index is 13.2. The summed E-state index contributed by atoms with van der Waals surface area (Å²) in [6.45, 7) is 3.13. The van der Waals surface area contributed by atoms with Crippen LogP contribution >= 0.6 is 23.2 Å². The molecule has 206 valence electrons. The second-order valence-electron chi connectivity index (χ2n) is 9.40. The van der Waals surface area contributed by atoms with Crippen LogP contribution in [0.2, 0.25) is 10.0 Å². The molecule has 13 heteroatoms. The highest BCUT2D eigenvalue weighted by Gasteiger charge is 2.35. The Kier molecular flexibility index (Phi) is 8.92. The number of hydrogen-bond acceptors (Lipinski definition) is 5. The molecule has 4 N–H and O–H groups in total. The number of nitrogens with zero attached hydrogens (tertiary/aromatic N) is 3. The minimum absolute atomic E-state index is 0.0922. The Labute approximate surface area is 228 Å². The van der Waals surface area contributed by atoms with Crippen LogP contribution in [0, 0.1) is 0 Å². The Morgan fingerprint density at radius 1 is 1.18 bits per heavy atom. The van der Waals surface area contributed by atoms with Crippen LogP contribution in [0.15, 0.2) is 30.3 Å². The van der Waals surface area contributed by atoms with E-state index in [1.807, 2.05) is 37.2 Å². The average molecular weight is 572 g/mol. The topological polar surface area (TPSA) is 88.3 Å². The average Bonchev–Trinajstić information content (AvgIpc) is 3.21. The number of nitrogens with one attached hydrogen (secondary N) is 4. The zero-order chi connectivity index (χ0) is 27.4. The number of aromatic amines is 1. The van der Waals surface area contributed by atoms with Gasteiger partial charge >= 0.3 is 12.2 Å². The van der Waals surface area contributed by atoms with E-state index in [-0.39, 0.29) is 17.9 Å². The van der Waals surface area contributed by atoms with E-state index >= 15 is 0 Å². The molecule has 1 unspecified atom stereocenters. The first-order chi connectivity index (χ1) is 18.0. The van der Waals surface area contributed by atoms with Gasteiger partial charge in [0.05, 0.1) is 11.1 Å². The first kappa shape index (κ1) is 28.3. The van der Waals surface area contributed by atoms with E-state index in [9.17, 15) is 18.0 Å². The molecule has 2 aromatic heterocycles. The first-order valence-electron chi connectivity index (χ1n) is 12.2. The van der Waals surface area contributed by atoms with E-state index in [1.54, 1.807) is 0 Å². The molecule has 0 fully saturated rings. The molecule has 0 spiro atoms. The molecule has 1 aliphatic rings. The standard InChI is InChI=1S/C25H30Cl2F3N7O/c1-36(2)11-8-32-24(38)33-14-20-22-16(17-13-15(26)3-5-19(17)34-22)7-10-37(20)12-9-31-21-6-4-18(27)23(35-21)25(28,29)30/h3-6,13,20,34H,7-12,14H2,1-2H3,(H,31,35)(H2,32,33,38). The molecular formula is C25H30Cl2F3N7O. The number of carbonyl (C=O) groups is 1. The summed E-state index contributed by atoms with van der Waals surface area (Å²) < 4.78 is 39.5. The number of halogens is 5. The molecule has 1 aliphatic heterocycles. The second-order valence-corrected chi connectivity index (χ2v) is 10.2. The number of carbonyl (C=O) groups excluding carboxylic acids is 1. The lowest BCUT2D eigenvalue weighted by Crippen LogP contribution is -2.46. The smallest absolute Gasteiger partial charge is 0.369 e. The number of benzene rings is 1. The number of amides is 2. The summed E-state index contributed by atoms with van der Waals surface area (Å²) in [5, 5.41) is 10.0. The van der Waals surface area contributed by atoms with Crippen LogP contribution in [0.4, 0.5) is 23.8 Å². The molecule has 4 rings (SSSR count). The molecule has 0 saturated heterocycles. The third kappa shape index (κ3) is 6.82. The van der Waals surface area contributed by atoms with E-state index in [0.717, 1.165) is 35.1 Å². The van der Waals surface area contributed by atoms with Crippen LogP contribution in [0.3, 0.4) is 0 Å². The van der Waals surface area contributed by atoms with E-state index in [4.69, 9.17) is 23.2 Å². The number of urea groups is 1. The van der Waals surface area contributed by atoms with Gasteiger partial charge in [0.25, 0.3) is 0 Å². The summed E-state index contributed by atoms with van der Waals surface area (Å²) in [7, 11) is 3.86. The fourth-order valence-electron chi connectivity index (χ4n) is 4.60. The number of fused-ring (bicyclic) bond motifs is 3. The molecule has 0 bridgehead atoms. The van der Waals surface area contributed by atoms with Crippen molar-refractivity contribution in [3.8, 4) is 0 Å². The van der Waals surface area contributed by atoms with Crippen molar-refractivity contribution in [1.82, 2.24) is 30.4 Å². The molecule has 0 radical (unpaired) electrons. The number of pyridine rings is 1. The van der Waals surface area contributed by atoms with Crippen molar-refractivity contribution in [2.45, 2.75) is 18.6 Å². The highest BCUT2D eigenvalue weighted by atomic mass is 35.5. The number of likely N-dealkylation sites (N-methyl/N-ethyl adjacent to an activating group) is 1. The normalized spacial score (nSPS) is 16.1. The molecule has 2 amide bonds. The Hall–Kier alpha value is -2.73. The molecule has 1 atom stereocenters. The van der Waals surface area contributed by atoms with Crippen LogP contribution in [0.1, 0.15) is 23.0 Å². The number of anilines is 1. The molecule has 0 aliphatic carbocycles. The van der Waals surface area contributed by atoms with Crippen LogP contribution in [0.25, 0.3) is 10.9 Å². The summed E-state index contributed by atoms with van der Waals surface area (Å²) in [4.78, 5) is 23.7. The summed E-state index contributed by atoms with van der Waals surface area (Å²) in [5.74, 6) is 0.0922. The van der Waals surface area contributed by atoms with E-state index < -0.39 is 16.9 Å². The van der Waals surface area contributed by atoms with E-state index in [1.165, 1.54) is 12.1 Å². The fraction of sp³-hybridized carbons (Fsp3) is 0.440. The molecular weight excluding hydrogens is 542 g/mol. The zero-order valence-corrected chi connectivity index (χ0v) is 22.6. The molecule has 8 nitrogen and oxygen atoms in total. The van der Waals surface area contributed by atoms with Crippen molar-refractivity contribution in [1.29, 1.82) is 0 Å². The van der Waals surface area contributed by atoms with Gasteiger partial charge in [-0.15, -0.1) is 0 Å². The van der Waals surface area contributed by atoms with Gasteiger partial charge in [-0.1, -0.05) is 23.2 Å². The third-order valence-electron chi connectivity index (χ3n) is 6.44. The lowest BCUT2D eigenvalue weighted by Gasteiger charge is -2.36. The van der Waals surface area contributed by atoms with E-state index in [2.05, 4.69) is 30.8 Å². The maximum Gasteiger partial charge on any atom is 0.434 e. The van der Waals surface area contributed by atoms with Gasteiger partial charge < -0.3 is 25.8 Å². The monoisotopic (exact) mass is 571 g/mol. The molecule has 3 heterocycles. The number of rotatable bonds is 9. The Bertz CT molecular complexity index is 1280. The lowest BCUT2D eigenvalue weighted by molar-refractivity contribution is -0.141. The SMILES string of the molecule is CN(C)CCNC(=O)NCC1c2[nH]c3ccc(Cl)cc3c2CCN1CCNc1ccc(Cl)c(C(F)(F)F)n1. The molecule has 1 aromatic carbocycles. The van der Waals surface area contributed by atoms with Crippen molar-refractivity contribution in [3.05, 3.63) is 57.3 Å². The number of aromatic nitrogens is 2. The summed E-state index contributed by atoms with van der Waals surface area (Å²) in [6, 6.07) is 7.87. The minimum Gasteiger partial charge on any atom is -0.369 e. The quantitative estimate of drug-likeness (QED) is 0.297. The zero-order valence-electron chi connectivity index (χ0n) is 21.1. The maximum atomic E-state index is 13.2. The van der Waals surface area contributed by atoms with Gasteiger partial charge in [0.2, 0.25) is 0 Å². The van der Waals surface area contributed by atoms with Crippen molar-refractivity contribution in [2.24, 2.45) is 0 Å². The summed E-state index contributed by atoms with van der Waals surface area (Å²) in [5.41, 5.74) is 1.99. The van der Waals surface area contributed by atoms with Crippen molar-refractivity contribution in [2.75, 3.05) is 58.7 Å². The van der Waals surface area contributed by atoms with Gasteiger partial charge in [-0.05, 0) is 56.4 Å². The molecule has 0 saturated carbocycles. The van der Waals surface area contributed by atoms with Crippen molar-refractivity contribution < 1.29 is 18.0 Å². The van der Waals surface area contributed by atoms with E-state index in [0.29, 0.717) is 37.7 Å². The Morgan fingerprint density at radius 3 is 2.71 bits per heavy atom. The van der Waals surface area contributed by atoms with Gasteiger partial charge in [0.1, 0.15) is 5.82 Å². The Balaban J connectivity index is 1.48. The van der Waals surface area contributed by atoms with Crippen LogP contribution in [-0.4, -0.2) is 79.2 Å². The number of hydrogen-bond donors (Lipinski definition) is 4. The largest absolute Gasteiger partial charge is 0.434 e. The van der Waals surface area contributed by atoms with Gasteiger partial charge in [0.15, 0.2) is 5.69 Å². The lowest BCUT2D eigenvalue weighted by atomic mass is 9.97. The van der Waals surface area contributed by atoms with Gasteiger partial charge in [-0.2, -0.15) is 13.2 Å². The third-order valence-corrected chi connectivity index (χ3v) is 6.98. The predicted molar refractivity (Wildman–Crippen MR) is 144 cm³/mol. The van der Waals surface area contributed by atoms with Gasteiger partial charge in [0, 0.05) is 60.9 Å². The van der Waals surface area contributed by atoms with Gasteiger partial charge in [-0.25, -0.2) is 9.78 Å². The van der Waals surface area contributed by atoms with Crippen molar-refractivity contribution in [3.63, 3.8) is 0 Å². The summed E-state index contributed by atoms with van der Waals surface area (Å²) in [6.07, 6.45) is -3.88. The summed E-state index contributed by atoms with van der Waals surface area (Å²) >= 11 is 11.9. The number of alkyl halides is 3. The first-order valence-corrected chi connectivity index (χ1v) is 13.0. The predicted octanol–water partition coefficient (Wildman–Crippen LogP) is 4.76. The fourth-order valence-corrected chi connectivity index (χ4v) is 4.98. The molecule has 38 heavy (non-hydrogen) atoms.